The molecule has 4 rings (SSSR count). The first-order valence-electron chi connectivity index (χ1n) is 10.7. The summed E-state index contributed by atoms with van der Waals surface area (Å²) in [5.74, 6) is 0.303. The van der Waals surface area contributed by atoms with E-state index in [-0.39, 0.29) is 29.7 Å². The van der Waals surface area contributed by atoms with Crippen molar-refractivity contribution < 1.29 is 9.53 Å². The summed E-state index contributed by atoms with van der Waals surface area (Å²) in [5, 5.41) is 3.51. The zero-order valence-corrected chi connectivity index (χ0v) is 19.3. The van der Waals surface area contributed by atoms with Crippen LogP contribution in [0.5, 0.6) is 5.75 Å². The number of ether oxygens (including phenoxy) is 1. The molecule has 0 bridgehead atoms. The lowest BCUT2D eigenvalue weighted by Crippen LogP contribution is -2.42. The standard InChI is InChI=1S/C22H27N5O4S/c1-14(2)27-20(29)18-19(24-21(32-18)25-11-5-4-6-12-25)26(22(27)30)13-17(28)23-15-7-9-16(31-3)10-8-15/h7-10,14H,4-6,11-13H2,1-3H3,(H,23,28). The Labute approximate surface area is 189 Å². The van der Waals surface area contributed by atoms with Crippen molar-refractivity contribution in [3.63, 3.8) is 0 Å². The van der Waals surface area contributed by atoms with Crippen molar-refractivity contribution in [2.24, 2.45) is 0 Å². The highest BCUT2D eigenvalue weighted by atomic mass is 32.1. The third-order valence-electron chi connectivity index (χ3n) is 5.52. The van der Waals surface area contributed by atoms with Gasteiger partial charge in [0.2, 0.25) is 5.91 Å². The number of nitrogens with one attached hydrogen (secondary N) is 1. The highest BCUT2D eigenvalue weighted by molar-refractivity contribution is 7.22. The SMILES string of the molecule is COc1ccc(NC(=O)Cn2c(=O)n(C(C)C)c(=O)c3sc(N4CCCCC4)nc32)cc1. The third kappa shape index (κ3) is 4.27. The van der Waals surface area contributed by atoms with E-state index in [0.717, 1.165) is 31.1 Å². The van der Waals surface area contributed by atoms with Crippen molar-refractivity contribution in [1.29, 1.82) is 0 Å². The molecule has 2 aromatic heterocycles. The van der Waals surface area contributed by atoms with E-state index in [9.17, 15) is 14.4 Å². The lowest BCUT2D eigenvalue weighted by atomic mass is 10.1. The summed E-state index contributed by atoms with van der Waals surface area (Å²) in [7, 11) is 1.57. The molecule has 0 atom stereocenters. The number of thiazole rings is 1. The molecule has 1 aromatic carbocycles. The first-order valence-corrected chi connectivity index (χ1v) is 11.6. The van der Waals surface area contributed by atoms with Gasteiger partial charge in [0, 0.05) is 24.8 Å². The summed E-state index contributed by atoms with van der Waals surface area (Å²) in [4.78, 5) is 45.8. The van der Waals surface area contributed by atoms with Crippen LogP contribution in [0, 0.1) is 0 Å². The van der Waals surface area contributed by atoms with Gasteiger partial charge in [-0.3, -0.25) is 18.7 Å². The van der Waals surface area contributed by atoms with Crippen LogP contribution < -0.4 is 26.2 Å². The summed E-state index contributed by atoms with van der Waals surface area (Å²) < 4.78 is 8.03. The van der Waals surface area contributed by atoms with Gasteiger partial charge in [0.25, 0.3) is 5.56 Å². The van der Waals surface area contributed by atoms with Crippen LogP contribution in [-0.4, -0.2) is 40.2 Å². The van der Waals surface area contributed by atoms with Crippen LogP contribution in [0.4, 0.5) is 10.8 Å². The highest BCUT2D eigenvalue weighted by Gasteiger charge is 2.23. The normalized spacial score (nSPS) is 14.2. The van der Waals surface area contributed by atoms with Gasteiger partial charge in [0.05, 0.1) is 7.11 Å². The fraction of sp³-hybridized carbons (Fsp3) is 0.455. The first-order chi connectivity index (χ1) is 15.4. The van der Waals surface area contributed by atoms with Crippen molar-refractivity contribution in [2.75, 3.05) is 30.4 Å². The van der Waals surface area contributed by atoms with Crippen molar-refractivity contribution in [3.05, 3.63) is 45.1 Å². The molecule has 1 N–H and O–H groups in total. The predicted molar refractivity (Wildman–Crippen MR) is 126 cm³/mol. The molecule has 10 heteroatoms. The van der Waals surface area contributed by atoms with Crippen LogP contribution in [0.15, 0.2) is 33.9 Å². The van der Waals surface area contributed by atoms with E-state index in [4.69, 9.17) is 4.74 Å². The number of carbonyl (C=O) groups is 1. The topological polar surface area (TPSA) is 98.5 Å². The highest BCUT2D eigenvalue weighted by Crippen LogP contribution is 2.28. The Morgan fingerprint density at radius 3 is 2.47 bits per heavy atom. The van der Waals surface area contributed by atoms with Crippen LogP contribution in [0.3, 0.4) is 0 Å². The zero-order valence-electron chi connectivity index (χ0n) is 18.5. The molecule has 170 valence electrons. The Balaban J connectivity index is 1.72. The Morgan fingerprint density at radius 2 is 1.84 bits per heavy atom. The van der Waals surface area contributed by atoms with Crippen molar-refractivity contribution in [3.8, 4) is 5.75 Å². The van der Waals surface area contributed by atoms with Crippen molar-refractivity contribution in [2.45, 2.75) is 45.7 Å². The Bertz CT molecular complexity index is 1240. The van der Waals surface area contributed by atoms with Crippen LogP contribution >= 0.6 is 11.3 Å². The molecule has 0 spiro atoms. The molecule has 0 unspecified atom stereocenters. The summed E-state index contributed by atoms with van der Waals surface area (Å²) >= 11 is 1.30. The minimum absolute atomic E-state index is 0.239. The average molecular weight is 458 g/mol. The smallest absolute Gasteiger partial charge is 0.333 e. The van der Waals surface area contributed by atoms with E-state index in [2.05, 4.69) is 15.2 Å². The second kappa shape index (κ2) is 9.15. The molecule has 32 heavy (non-hydrogen) atoms. The first kappa shape index (κ1) is 22.1. The summed E-state index contributed by atoms with van der Waals surface area (Å²) in [6.07, 6.45) is 3.32. The molecule has 1 saturated heterocycles. The average Bonchev–Trinajstić information content (AvgIpc) is 3.23. The van der Waals surface area contributed by atoms with Gasteiger partial charge in [-0.05, 0) is 57.4 Å². The van der Waals surface area contributed by atoms with E-state index in [0.29, 0.717) is 16.1 Å². The summed E-state index contributed by atoms with van der Waals surface area (Å²) in [5.41, 5.74) is -0.0256. The summed E-state index contributed by atoms with van der Waals surface area (Å²) in [6, 6.07) is 6.59. The van der Waals surface area contributed by atoms with E-state index >= 15 is 0 Å². The van der Waals surface area contributed by atoms with Gasteiger partial charge in [-0.1, -0.05) is 11.3 Å². The largest absolute Gasteiger partial charge is 0.497 e. The summed E-state index contributed by atoms with van der Waals surface area (Å²) in [6.45, 7) is 5.07. The van der Waals surface area contributed by atoms with Gasteiger partial charge in [-0.25, -0.2) is 9.78 Å². The van der Waals surface area contributed by atoms with Crippen LogP contribution in [0.1, 0.15) is 39.2 Å². The molecule has 0 radical (unpaired) electrons. The number of benzene rings is 1. The monoisotopic (exact) mass is 457 g/mol. The van der Waals surface area contributed by atoms with Gasteiger partial charge < -0.3 is 15.0 Å². The fourth-order valence-electron chi connectivity index (χ4n) is 3.88. The minimum Gasteiger partial charge on any atom is -0.497 e. The van der Waals surface area contributed by atoms with Crippen LogP contribution in [-0.2, 0) is 11.3 Å². The van der Waals surface area contributed by atoms with Crippen molar-refractivity contribution >= 4 is 38.4 Å². The van der Waals surface area contributed by atoms with E-state index in [1.54, 1.807) is 45.2 Å². The van der Waals surface area contributed by atoms with Crippen LogP contribution in [0.2, 0.25) is 0 Å². The number of aromatic nitrogens is 3. The minimum atomic E-state index is -0.530. The van der Waals surface area contributed by atoms with Gasteiger partial charge in [0.1, 0.15) is 17.0 Å². The molecule has 9 nitrogen and oxygen atoms in total. The van der Waals surface area contributed by atoms with E-state index in [1.165, 1.54) is 26.9 Å². The number of rotatable bonds is 6. The Hall–Kier alpha value is -3.14. The van der Waals surface area contributed by atoms with E-state index < -0.39 is 5.69 Å². The van der Waals surface area contributed by atoms with Gasteiger partial charge in [0.15, 0.2) is 10.8 Å². The zero-order chi connectivity index (χ0) is 22.8. The molecule has 1 fully saturated rings. The number of piperidine rings is 1. The molecular weight excluding hydrogens is 430 g/mol. The molecule has 1 amide bonds. The second-order valence-corrected chi connectivity index (χ2v) is 9.09. The van der Waals surface area contributed by atoms with Gasteiger partial charge in [-0.15, -0.1) is 0 Å². The third-order valence-corrected chi connectivity index (χ3v) is 6.62. The maximum atomic E-state index is 13.2. The van der Waals surface area contributed by atoms with Gasteiger partial charge in [-0.2, -0.15) is 0 Å². The number of fused-ring (bicyclic) bond motifs is 1. The number of methoxy groups -OCH3 is 1. The fourth-order valence-corrected chi connectivity index (χ4v) is 4.94. The number of amides is 1. The molecule has 3 heterocycles. The van der Waals surface area contributed by atoms with Gasteiger partial charge >= 0.3 is 5.69 Å². The molecular formula is C22H27N5O4S. The molecule has 0 aliphatic carbocycles. The van der Waals surface area contributed by atoms with E-state index in [1.807, 2.05) is 0 Å². The maximum Gasteiger partial charge on any atom is 0.333 e. The molecule has 0 saturated carbocycles. The lowest BCUT2D eigenvalue weighted by Gasteiger charge is -2.25. The molecule has 3 aromatic rings. The quantitative estimate of drug-likeness (QED) is 0.611. The number of hydrogen-bond acceptors (Lipinski definition) is 7. The second-order valence-electron chi connectivity index (χ2n) is 8.11. The number of anilines is 2. The number of nitrogens with zero attached hydrogens (tertiary/aromatic N) is 4. The maximum absolute atomic E-state index is 13.2. The predicted octanol–water partition coefficient (Wildman–Crippen LogP) is 2.84. The Kier molecular flexibility index (Phi) is 6.31. The van der Waals surface area contributed by atoms with Crippen LogP contribution in [0.25, 0.3) is 10.3 Å². The number of carbonyl (C=O) groups excluding carboxylic acids is 1. The molecule has 1 aliphatic rings. The molecule has 1 aliphatic heterocycles. The Morgan fingerprint density at radius 1 is 1.16 bits per heavy atom. The van der Waals surface area contributed by atoms with Crippen molar-refractivity contribution in [1.82, 2.24) is 14.1 Å². The number of hydrogen-bond donors (Lipinski definition) is 1. The lowest BCUT2D eigenvalue weighted by molar-refractivity contribution is -0.116.